The first-order valence-electron chi connectivity index (χ1n) is 24.1. The number of carbonyl (C=O) groups excluding carboxylic acids is 4. The van der Waals surface area contributed by atoms with Crippen LogP contribution in [0.15, 0.2) is 0 Å². The maximum Gasteiger partial charge on any atom is 0.309 e. The third-order valence-electron chi connectivity index (χ3n) is 14.3. The molecular weight excluding hydrogens is 769 g/mol. The fraction of sp³-hybridized carbons (Fsp3) is 0.917. The second kappa shape index (κ2) is 25.1. The molecule has 0 spiro atoms. The maximum atomic E-state index is 13.8. The van der Waals surface area contributed by atoms with Gasteiger partial charge in [-0.15, -0.1) is 0 Å². The second-order valence-corrected chi connectivity index (χ2v) is 19.1. The highest BCUT2D eigenvalue weighted by molar-refractivity contribution is 5.74. The van der Waals surface area contributed by atoms with Crippen LogP contribution in [0.5, 0.6) is 0 Å². The van der Waals surface area contributed by atoms with Crippen molar-refractivity contribution in [2.24, 2.45) is 23.7 Å². The lowest BCUT2D eigenvalue weighted by atomic mass is 9.89. The predicted molar refractivity (Wildman–Crippen MR) is 228 cm³/mol. The van der Waals surface area contributed by atoms with E-state index in [1.54, 1.807) is 0 Å². The molecule has 346 valence electrons. The molecule has 1 N–H and O–H groups in total. The first-order valence-corrected chi connectivity index (χ1v) is 24.1. The summed E-state index contributed by atoms with van der Waals surface area (Å²) in [7, 11) is 0. The highest BCUT2D eigenvalue weighted by atomic mass is 16.6. The minimum Gasteiger partial charge on any atom is -0.457 e. The van der Waals surface area contributed by atoms with Crippen molar-refractivity contribution in [2.45, 2.75) is 211 Å². The molecule has 4 fully saturated rings. The molecule has 0 saturated heterocycles. The Morgan fingerprint density at radius 2 is 0.667 bits per heavy atom. The van der Waals surface area contributed by atoms with E-state index in [0.717, 1.165) is 128 Å². The highest BCUT2D eigenvalue weighted by Crippen LogP contribution is 2.33. The lowest BCUT2D eigenvalue weighted by Crippen LogP contribution is -2.51. The van der Waals surface area contributed by atoms with Crippen molar-refractivity contribution < 1.29 is 57.4 Å². The molecule has 4 rings (SSSR count). The van der Waals surface area contributed by atoms with Gasteiger partial charge < -0.3 is 38.3 Å². The zero-order valence-corrected chi connectivity index (χ0v) is 38.2. The van der Waals surface area contributed by atoms with Crippen molar-refractivity contribution in [1.29, 1.82) is 0 Å². The van der Waals surface area contributed by atoms with Gasteiger partial charge in [-0.2, -0.15) is 0 Å². The zero-order valence-electron chi connectivity index (χ0n) is 38.2. The lowest BCUT2D eigenvalue weighted by Gasteiger charge is -2.39. The predicted octanol–water partition coefficient (Wildman–Crippen LogP) is 9.14. The Labute approximate surface area is 361 Å². The van der Waals surface area contributed by atoms with Crippen molar-refractivity contribution in [1.82, 2.24) is 0 Å². The van der Waals surface area contributed by atoms with Gasteiger partial charge in [0.2, 0.25) is 0 Å². The van der Waals surface area contributed by atoms with E-state index in [2.05, 4.69) is 0 Å². The molecule has 0 aromatic heterocycles. The van der Waals surface area contributed by atoms with Gasteiger partial charge in [0.15, 0.2) is 16.8 Å². The Morgan fingerprint density at radius 3 is 0.950 bits per heavy atom. The van der Waals surface area contributed by atoms with Gasteiger partial charge in [0.25, 0.3) is 0 Å². The van der Waals surface area contributed by atoms with E-state index in [-0.39, 0.29) is 87.2 Å². The number of carbonyl (C=O) groups is 4. The first kappa shape index (κ1) is 50.4. The van der Waals surface area contributed by atoms with Crippen molar-refractivity contribution in [3.63, 3.8) is 0 Å². The van der Waals surface area contributed by atoms with Crippen LogP contribution >= 0.6 is 0 Å². The van der Waals surface area contributed by atoms with Crippen LogP contribution in [0.3, 0.4) is 0 Å². The average molecular weight is 851 g/mol. The SMILES string of the molecule is CCC(C)(COCC(CC)(COCC(CC)(COCC(CC)(CO)OC(=O)C1CCCCC1)OC(=O)C1CCCCC1)OC(=O)C1CCCCC1)OC(=O)C1CCCCC1. The van der Waals surface area contributed by atoms with E-state index in [4.69, 9.17) is 33.2 Å². The molecule has 0 heterocycles. The van der Waals surface area contributed by atoms with Crippen molar-refractivity contribution >= 4 is 23.9 Å². The van der Waals surface area contributed by atoms with E-state index in [0.29, 0.717) is 25.7 Å². The lowest BCUT2D eigenvalue weighted by molar-refractivity contribution is -0.205. The molecule has 0 amide bonds. The number of ether oxygens (including phenoxy) is 7. The van der Waals surface area contributed by atoms with E-state index >= 15 is 0 Å². The van der Waals surface area contributed by atoms with Crippen LogP contribution in [0, 0.1) is 23.7 Å². The molecule has 4 unspecified atom stereocenters. The Bertz CT molecular complexity index is 1290. The molecule has 4 saturated carbocycles. The number of hydrogen-bond donors (Lipinski definition) is 1. The van der Waals surface area contributed by atoms with Gasteiger partial charge in [-0.05, 0) is 84.0 Å². The highest BCUT2D eigenvalue weighted by Gasteiger charge is 2.43. The van der Waals surface area contributed by atoms with Crippen LogP contribution in [0.4, 0.5) is 0 Å². The van der Waals surface area contributed by atoms with Crippen LogP contribution in [0.1, 0.15) is 189 Å². The summed E-state index contributed by atoms with van der Waals surface area (Å²) in [6, 6.07) is 0. The Kier molecular flexibility index (Phi) is 21.1. The van der Waals surface area contributed by atoms with E-state index in [1.807, 2.05) is 34.6 Å². The summed E-state index contributed by atoms with van der Waals surface area (Å²) < 4.78 is 44.1. The third kappa shape index (κ3) is 15.2. The van der Waals surface area contributed by atoms with Crippen LogP contribution in [0.25, 0.3) is 0 Å². The summed E-state index contributed by atoms with van der Waals surface area (Å²) in [5.41, 5.74) is -4.45. The fourth-order valence-corrected chi connectivity index (χ4v) is 9.22. The summed E-state index contributed by atoms with van der Waals surface area (Å²) >= 11 is 0. The molecule has 4 atom stereocenters. The Morgan fingerprint density at radius 1 is 0.400 bits per heavy atom. The smallest absolute Gasteiger partial charge is 0.309 e. The molecule has 0 radical (unpaired) electrons. The van der Waals surface area contributed by atoms with E-state index in [1.165, 1.54) is 0 Å². The molecule has 0 aromatic rings. The summed E-state index contributed by atoms with van der Waals surface area (Å²) in [4.78, 5) is 53.9. The number of aliphatic hydroxyl groups excluding tert-OH is 1. The second-order valence-electron chi connectivity index (χ2n) is 19.1. The number of aliphatic hydroxyl groups is 1. The van der Waals surface area contributed by atoms with Crippen LogP contribution in [0.2, 0.25) is 0 Å². The van der Waals surface area contributed by atoms with Crippen molar-refractivity contribution in [3.05, 3.63) is 0 Å². The molecule has 4 aliphatic rings. The molecule has 4 aliphatic carbocycles. The van der Waals surface area contributed by atoms with Crippen molar-refractivity contribution in [2.75, 3.05) is 46.2 Å². The number of rotatable bonds is 25. The van der Waals surface area contributed by atoms with Gasteiger partial charge >= 0.3 is 23.9 Å². The normalized spacial score (nSPS) is 23.0. The van der Waals surface area contributed by atoms with E-state index < -0.39 is 29.0 Å². The Balaban J connectivity index is 1.49. The molecule has 0 aromatic carbocycles. The third-order valence-corrected chi connectivity index (χ3v) is 14.3. The summed E-state index contributed by atoms with van der Waals surface area (Å²) in [5.74, 6) is -1.70. The maximum absolute atomic E-state index is 13.8. The van der Waals surface area contributed by atoms with Crippen LogP contribution in [-0.4, -0.2) is 97.6 Å². The van der Waals surface area contributed by atoms with Gasteiger partial charge in [-0.1, -0.05) is 105 Å². The summed E-state index contributed by atoms with van der Waals surface area (Å²) in [6.07, 6.45) is 20.4. The van der Waals surface area contributed by atoms with Crippen LogP contribution in [-0.2, 0) is 52.3 Å². The minimum absolute atomic E-state index is 0.0239. The molecule has 12 heteroatoms. The fourth-order valence-electron chi connectivity index (χ4n) is 9.22. The average Bonchev–Trinajstić information content (AvgIpc) is 3.29. The first-order chi connectivity index (χ1) is 28.9. The van der Waals surface area contributed by atoms with Gasteiger partial charge in [-0.25, -0.2) is 0 Å². The summed E-state index contributed by atoms with van der Waals surface area (Å²) in [6.45, 7) is 9.15. The minimum atomic E-state index is -1.23. The number of hydrogen-bond acceptors (Lipinski definition) is 12. The van der Waals surface area contributed by atoms with Gasteiger partial charge in [-0.3, -0.25) is 19.2 Å². The monoisotopic (exact) mass is 851 g/mol. The number of esters is 4. The molecule has 0 aliphatic heterocycles. The van der Waals surface area contributed by atoms with Gasteiger partial charge in [0.05, 0.1) is 69.9 Å². The van der Waals surface area contributed by atoms with Gasteiger partial charge in [0, 0.05) is 0 Å². The molecular formula is C48H82O12. The zero-order chi connectivity index (χ0) is 43.5. The standard InChI is InChI=1S/C48H82O12/c1-6-45(5,57-41(50)37-22-14-10-15-23-37)31-54-33-47(8-3,59-43(52)39-26-18-12-19-27-39)35-56-36-48(9-4,60-44(53)40-28-20-13-21-29-40)34-55-32-46(7-2,30-49)58-42(51)38-24-16-11-17-25-38/h37-40,49H,6-36H2,1-5H3. The Hall–Kier alpha value is -2.28. The molecule has 60 heavy (non-hydrogen) atoms. The molecule has 12 nitrogen and oxygen atoms in total. The molecule has 0 bridgehead atoms. The quantitative estimate of drug-likeness (QED) is 0.0689. The van der Waals surface area contributed by atoms with Crippen molar-refractivity contribution in [3.8, 4) is 0 Å². The van der Waals surface area contributed by atoms with Crippen LogP contribution < -0.4 is 0 Å². The van der Waals surface area contributed by atoms with E-state index in [9.17, 15) is 24.3 Å². The van der Waals surface area contributed by atoms with Gasteiger partial charge in [0.1, 0.15) is 5.60 Å². The summed E-state index contributed by atoms with van der Waals surface area (Å²) in [5, 5.41) is 10.5. The topological polar surface area (TPSA) is 153 Å². The largest absolute Gasteiger partial charge is 0.457 e.